The molecule has 186 valence electrons. The number of piperidine rings is 1. The topological polar surface area (TPSA) is 78.4 Å². The molecule has 1 aromatic heterocycles. The zero-order valence-electron chi connectivity index (χ0n) is 21.0. The fourth-order valence-electron chi connectivity index (χ4n) is 5.42. The van der Waals surface area contributed by atoms with Crippen molar-refractivity contribution in [2.45, 2.75) is 39.0 Å². The minimum atomic E-state index is -0.0641. The van der Waals surface area contributed by atoms with E-state index in [1.165, 1.54) is 5.56 Å². The number of carbonyl (C=O) groups is 2. The second-order valence-electron chi connectivity index (χ2n) is 10.1. The molecule has 1 unspecified atom stereocenters. The highest BCUT2D eigenvalue weighted by molar-refractivity contribution is 5.95. The minimum Gasteiger partial charge on any atom is -0.354 e. The summed E-state index contributed by atoms with van der Waals surface area (Å²) in [7, 11) is 0. The number of carbonyl (C=O) groups excluding carboxylic acids is 2. The summed E-state index contributed by atoms with van der Waals surface area (Å²) < 4.78 is 0. The van der Waals surface area contributed by atoms with Crippen LogP contribution in [0.15, 0.2) is 60.8 Å². The van der Waals surface area contributed by atoms with Crippen molar-refractivity contribution in [3.8, 4) is 0 Å². The molecule has 0 radical (unpaired) electrons. The molecule has 0 spiro atoms. The van der Waals surface area contributed by atoms with E-state index >= 15 is 0 Å². The van der Waals surface area contributed by atoms with Gasteiger partial charge in [-0.2, -0.15) is 5.10 Å². The zero-order valence-corrected chi connectivity index (χ0v) is 21.0. The molecule has 3 aromatic rings. The Kier molecular flexibility index (Phi) is 6.98. The quantitative estimate of drug-likeness (QED) is 0.575. The molecule has 1 atom stereocenters. The van der Waals surface area contributed by atoms with Crippen LogP contribution in [0, 0.1) is 19.8 Å². The number of aryl methyl sites for hydroxylation is 2. The number of hydrogen-bond donors (Lipinski definition) is 1. The van der Waals surface area contributed by atoms with E-state index in [0.717, 1.165) is 67.1 Å². The molecule has 2 amide bonds. The Morgan fingerprint density at radius 1 is 0.917 bits per heavy atom. The number of aromatic nitrogens is 2. The maximum atomic E-state index is 13.0. The van der Waals surface area contributed by atoms with E-state index in [0.29, 0.717) is 12.5 Å². The van der Waals surface area contributed by atoms with Crippen LogP contribution in [0.1, 0.15) is 52.2 Å². The van der Waals surface area contributed by atoms with E-state index in [9.17, 15) is 9.59 Å². The minimum absolute atomic E-state index is 0.0485. The lowest BCUT2D eigenvalue weighted by molar-refractivity contribution is -0.119. The number of nitrogens with one attached hydrogen (secondary N) is 1. The molecular formula is C29H33N5O2. The molecule has 2 aromatic carbocycles. The van der Waals surface area contributed by atoms with Gasteiger partial charge in [0, 0.05) is 43.6 Å². The predicted molar refractivity (Wildman–Crippen MR) is 141 cm³/mol. The number of anilines is 2. The summed E-state index contributed by atoms with van der Waals surface area (Å²) in [6, 6.07) is 18.1. The first kappa shape index (κ1) is 24.0. The summed E-state index contributed by atoms with van der Waals surface area (Å²) in [5, 5.41) is 11.2. The smallest absolute Gasteiger partial charge is 0.253 e. The second-order valence-corrected chi connectivity index (χ2v) is 10.1. The maximum absolute atomic E-state index is 13.0. The normalized spacial score (nSPS) is 18.3. The van der Waals surface area contributed by atoms with Gasteiger partial charge in [0.05, 0.1) is 5.92 Å². The molecule has 7 heteroatoms. The van der Waals surface area contributed by atoms with Crippen molar-refractivity contribution in [3.63, 3.8) is 0 Å². The van der Waals surface area contributed by atoms with Crippen LogP contribution in [0.3, 0.4) is 0 Å². The monoisotopic (exact) mass is 483 g/mol. The van der Waals surface area contributed by atoms with Gasteiger partial charge in [-0.1, -0.05) is 29.3 Å². The van der Waals surface area contributed by atoms with E-state index in [1.54, 1.807) is 6.20 Å². The SMILES string of the molecule is Cc1cc(C)cc(C(=O)N2CCC(c3ccc(NC(=O)C4CCN(c5cccnn5)C4)cc3)CC2)c1. The highest BCUT2D eigenvalue weighted by atomic mass is 16.2. The first-order valence-electron chi connectivity index (χ1n) is 12.8. The van der Waals surface area contributed by atoms with Gasteiger partial charge in [-0.05, 0) is 81.0 Å². The second kappa shape index (κ2) is 10.5. The van der Waals surface area contributed by atoms with Crippen LogP contribution in [-0.2, 0) is 4.79 Å². The Morgan fingerprint density at radius 2 is 1.64 bits per heavy atom. The van der Waals surface area contributed by atoms with Crippen LogP contribution >= 0.6 is 0 Å². The van der Waals surface area contributed by atoms with Crippen molar-refractivity contribution in [1.82, 2.24) is 15.1 Å². The average Bonchev–Trinajstić information content (AvgIpc) is 3.40. The van der Waals surface area contributed by atoms with Gasteiger partial charge in [0.1, 0.15) is 0 Å². The number of nitrogens with zero attached hydrogens (tertiary/aromatic N) is 4. The first-order chi connectivity index (χ1) is 17.5. The lowest BCUT2D eigenvalue weighted by Gasteiger charge is -2.32. The van der Waals surface area contributed by atoms with E-state index in [-0.39, 0.29) is 17.7 Å². The average molecular weight is 484 g/mol. The fourth-order valence-corrected chi connectivity index (χ4v) is 5.42. The molecule has 2 fully saturated rings. The van der Waals surface area contributed by atoms with E-state index in [1.807, 2.05) is 55.1 Å². The predicted octanol–water partition coefficient (Wildman–Crippen LogP) is 4.58. The number of likely N-dealkylation sites (tertiary alicyclic amines) is 1. The number of benzene rings is 2. The van der Waals surface area contributed by atoms with Crippen molar-refractivity contribution in [1.29, 1.82) is 0 Å². The van der Waals surface area contributed by atoms with Gasteiger partial charge < -0.3 is 15.1 Å². The van der Waals surface area contributed by atoms with Gasteiger partial charge in [0.15, 0.2) is 5.82 Å². The molecule has 2 aliphatic heterocycles. The van der Waals surface area contributed by atoms with Gasteiger partial charge in [0.2, 0.25) is 5.91 Å². The molecule has 36 heavy (non-hydrogen) atoms. The molecule has 2 saturated heterocycles. The number of rotatable bonds is 5. The highest BCUT2D eigenvalue weighted by Gasteiger charge is 2.29. The molecule has 7 nitrogen and oxygen atoms in total. The van der Waals surface area contributed by atoms with Crippen LogP contribution < -0.4 is 10.2 Å². The third-order valence-corrected chi connectivity index (χ3v) is 7.34. The van der Waals surface area contributed by atoms with Gasteiger partial charge in [0.25, 0.3) is 5.91 Å². The summed E-state index contributed by atoms with van der Waals surface area (Å²) in [6.07, 6.45) is 4.35. The Morgan fingerprint density at radius 3 is 2.31 bits per heavy atom. The molecule has 0 saturated carbocycles. The Hall–Kier alpha value is -3.74. The van der Waals surface area contributed by atoms with Crippen molar-refractivity contribution in [3.05, 3.63) is 83.0 Å². The molecule has 0 aliphatic carbocycles. The fraction of sp³-hybridized carbons (Fsp3) is 0.379. The van der Waals surface area contributed by atoms with E-state index < -0.39 is 0 Å². The Balaban J connectivity index is 1.13. The zero-order chi connectivity index (χ0) is 25.1. The van der Waals surface area contributed by atoms with Crippen molar-refractivity contribution in [2.24, 2.45) is 5.92 Å². The highest BCUT2D eigenvalue weighted by Crippen LogP contribution is 2.30. The number of hydrogen-bond acceptors (Lipinski definition) is 5. The third-order valence-electron chi connectivity index (χ3n) is 7.34. The van der Waals surface area contributed by atoms with E-state index in [2.05, 4.69) is 38.6 Å². The summed E-state index contributed by atoms with van der Waals surface area (Å²) in [4.78, 5) is 29.9. The van der Waals surface area contributed by atoms with Crippen LogP contribution in [-0.4, -0.2) is 53.1 Å². The van der Waals surface area contributed by atoms with Gasteiger partial charge in [-0.15, -0.1) is 5.10 Å². The summed E-state index contributed by atoms with van der Waals surface area (Å²) in [5.74, 6) is 1.36. The van der Waals surface area contributed by atoms with Gasteiger partial charge >= 0.3 is 0 Å². The Bertz CT molecular complexity index is 1200. The van der Waals surface area contributed by atoms with Crippen molar-refractivity contribution < 1.29 is 9.59 Å². The van der Waals surface area contributed by atoms with Crippen molar-refractivity contribution in [2.75, 3.05) is 36.4 Å². The number of amides is 2. The molecule has 1 N–H and O–H groups in total. The van der Waals surface area contributed by atoms with Crippen LogP contribution in [0.4, 0.5) is 11.5 Å². The summed E-state index contributed by atoms with van der Waals surface area (Å²) in [5.41, 5.74) is 5.12. The van der Waals surface area contributed by atoms with Crippen LogP contribution in [0.25, 0.3) is 0 Å². The van der Waals surface area contributed by atoms with Gasteiger partial charge in [-0.3, -0.25) is 9.59 Å². The molecular weight excluding hydrogens is 450 g/mol. The third kappa shape index (κ3) is 5.40. The van der Waals surface area contributed by atoms with Gasteiger partial charge in [-0.25, -0.2) is 0 Å². The first-order valence-corrected chi connectivity index (χ1v) is 12.8. The van der Waals surface area contributed by atoms with Crippen molar-refractivity contribution >= 4 is 23.3 Å². The van der Waals surface area contributed by atoms with Crippen LogP contribution in [0.5, 0.6) is 0 Å². The maximum Gasteiger partial charge on any atom is 0.253 e. The lowest BCUT2D eigenvalue weighted by atomic mass is 9.89. The molecule has 3 heterocycles. The standard InChI is InChI=1S/C29H33N5O2/c1-20-16-21(2)18-25(17-20)29(36)33-13-9-23(10-14-33)22-5-7-26(8-6-22)31-28(35)24-11-15-34(19-24)27-4-3-12-30-32-27/h3-8,12,16-18,23-24H,9-11,13-15,19H2,1-2H3,(H,31,35). The Labute approximate surface area is 212 Å². The van der Waals surface area contributed by atoms with Crippen LogP contribution in [0.2, 0.25) is 0 Å². The molecule has 0 bridgehead atoms. The largest absolute Gasteiger partial charge is 0.354 e. The molecule has 2 aliphatic rings. The summed E-state index contributed by atoms with van der Waals surface area (Å²) in [6.45, 7) is 7.05. The summed E-state index contributed by atoms with van der Waals surface area (Å²) >= 11 is 0. The molecule has 5 rings (SSSR count). The van der Waals surface area contributed by atoms with E-state index in [4.69, 9.17) is 0 Å². The lowest BCUT2D eigenvalue weighted by Crippen LogP contribution is -2.38.